The largest absolute Gasteiger partial charge is 0.471 e. The Bertz CT molecular complexity index is 909. The van der Waals surface area contributed by atoms with Crippen molar-refractivity contribution in [2.45, 2.75) is 13.7 Å². The monoisotopic (exact) mass is 375 g/mol. The molecule has 0 saturated carbocycles. The zero-order chi connectivity index (χ0) is 17.8. The third kappa shape index (κ3) is 4.53. The van der Waals surface area contributed by atoms with Gasteiger partial charge in [0.1, 0.15) is 5.75 Å². The van der Waals surface area contributed by atoms with Crippen LogP contribution in [0.3, 0.4) is 0 Å². The summed E-state index contributed by atoms with van der Waals surface area (Å²) in [5, 5.41) is 8.16. The molecule has 0 unspecified atom stereocenters. The molecule has 3 rings (SSSR count). The van der Waals surface area contributed by atoms with E-state index in [1.54, 1.807) is 48.7 Å². The van der Waals surface area contributed by atoms with Gasteiger partial charge in [-0.25, -0.2) is 4.68 Å². The molecule has 1 heterocycles. The summed E-state index contributed by atoms with van der Waals surface area (Å²) >= 11 is 11.9. The molecule has 0 bridgehead atoms. The van der Waals surface area contributed by atoms with Crippen molar-refractivity contribution in [1.82, 2.24) is 9.78 Å². The predicted molar refractivity (Wildman–Crippen MR) is 98.4 cm³/mol. The van der Waals surface area contributed by atoms with Crippen molar-refractivity contribution in [2.75, 3.05) is 5.32 Å². The van der Waals surface area contributed by atoms with Gasteiger partial charge in [-0.2, -0.15) is 5.10 Å². The van der Waals surface area contributed by atoms with Crippen LogP contribution in [-0.4, -0.2) is 15.7 Å². The number of ether oxygens (including phenoxy) is 1. The average Bonchev–Trinajstić information content (AvgIpc) is 3.05. The molecule has 128 valence electrons. The van der Waals surface area contributed by atoms with E-state index in [9.17, 15) is 4.79 Å². The van der Waals surface area contributed by atoms with Gasteiger partial charge < -0.3 is 10.1 Å². The minimum absolute atomic E-state index is 0.170. The Morgan fingerprint density at radius 1 is 1.16 bits per heavy atom. The van der Waals surface area contributed by atoms with Crippen molar-refractivity contribution in [2.24, 2.45) is 0 Å². The van der Waals surface area contributed by atoms with Gasteiger partial charge in [-0.1, -0.05) is 35.3 Å². The standard InChI is InChI=1S/C18H15Cl2N3O2/c1-12-5-6-14(20)10-17(12)21-18(24)16-7-8-23(22-16)11-25-15-4-2-3-13(19)9-15/h2-10H,11H2,1H3,(H,21,24). The Hall–Kier alpha value is -2.50. The Labute approximate surface area is 155 Å². The van der Waals surface area contributed by atoms with E-state index in [2.05, 4.69) is 10.4 Å². The van der Waals surface area contributed by atoms with Gasteiger partial charge in [0.05, 0.1) is 0 Å². The highest BCUT2D eigenvalue weighted by molar-refractivity contribution is 6.31. The van der Waals surface area contributed by atoms with Crippen LogP contribution < -0.4 is 10.1 Å². The molecule has 1 amide bonds. The van der Waals surface area contributed by atoms with Crippen LogP contribution >= 0.6 is 23.2 Å². The summed E-state index contributed by atoms with van der Waals surface area (Å²) in [5.74, 6) is 0.315. The van der Waals surface area contributed by atoms with E-state index in [1.165, 1.54) is 4.68 Å². The number of nitrogens with one attached hydrogen (secondary N) is 1. The van der Waals surface area contributed by atoms with Gasteiger partial charge in [0.15, 0.2) is 12.4 Å². The molecular weight excluding hydrogens is 361 g/mol. The normalized spacial score (nSPS) is 10.5. The van der Waals surface area contributed by atoms with Crippen LogP contribution in [0.15, 0.2) is 54.7 Å². The van der Waals surface area contributed by atoms with E-state index in [-0.39, 0.29) is 18.3 Å². The van der Waals surface area contributed by atoms with E-state index in [0.29, 0.717) is 21.5 Å². The van der Waals surface area contributed by atoms with E-state index in [1.807, 2.05) is 13.0 Å². The van der Waals surface area contributed by atoms with Crippen molar-refractivity contribution in [3.8, 4) is 5.75 Å². The summed E-state index contributed by atoms with van der Waals surface area (Å²) in [4.78, 5) is 12.3. The SMILES string of the molecule is Cc1ccc(Cl)cc1NC(=O)c1ccn(COc2cccc(Cl)c2)n1. The van der Waals surface area contributed by atoms with Gasteiger partial charge >= 0.3 is 0 Å². The quantitative estimate of drug-likeness (QED) is 0.697. The number of amides is 1. The number of anilines is 1. The first-order valence-corrected chi connectivity index (χ1v) is 8.26. The lowest BCUT2D eigenvalue weighted by atomic mass is 10.2. The average molecular weight is 376 g/mol. The maximum Gasteiger partial charge on any atom is 0.276 e. The number of benzene rings is 2. The fourth-order valence-corrected chi connectivity index (χ4v) is 2.52. The molecule has 2 aromatic carbocycles. The van der Waals surface area contributed by atoms with Crippen LogP contribution in [0, 0.1) is 6.92 Å². The molecule has 7 heteroatoms. The molecule has 0 aliphatic rings. The Morgan fingerprint density at radius 3 is 2.76 bits per heavy atom. The molecule has 0 aliphatic carbocycles. The molecule has 5 nitrogen and oxygen atoms in total. The third-order valence-corrected chi connectivity index (χ3v) is 3.95. The lowest BCUT2D eigenvalue weighted by Crippen LogP contribution is -2.15. The molecule has 0 radical (unpaired) electrons. The number of aromatic nitrogens is 2. The first-order chi connectivity index (χ1) is 12.0. The van der Waals surface area contributed by atoms with E-state index in [0.717, 1.165) is 5.56 Å². The molecule has 0 fully saturated rings. The summed E-state index contributed by atoms with van der Waals surface area (Å²) < 4.78 is 7.11. The number of hydrogen-bond acceptors (Lipinski definition) is 3. The van der Waals surface area contributed by atoms with Gasteiger partial charge in [0, 0.05) is 21.9 Å². The van der Waals surface area contributed by atoms with Gasteiger partial charge in [-0.15, -0.1) is 0 Å². The van der Waals surface area contributed by atoms with Crippen molar-refractivity contribution < 1.29 is 9.53 Å². The number of nitrogens with zero attached hydrogens (tertiary/aromatic N) is 2. The second-order valence-electron chi connectivity index (χ2n) is 5.38. The van der Waals surface area contributed by atoms with Crippen molar-refractivity contribution >= 4 is 34.8 Å². The Morgan fingerprint density at radius 2 is 1.96 bits per heavy atom. The fourth-order valence-electron chi connectivity index (χ4n) is 2.17. The zero-order valence-corrected chi connectivity index (χ0v) is 14.9. The summed E-state index contributed by atoms with van der Waals surface area (Å²) in [6, 6.07) is 14.0. The van der Waals surface area contributed by atoms with Crippen LogP contribution in [0.2, 0.25) is 10.0 Å². The number of carbonyl (C=O) groups is 1. The van der Waals surface area contributed by atoms with Crippen molar-refractivity contribution in [3.63, 3.8) is 0 Å². The van der Waals surface area contributed by atoms with Crippen LogP contribution in [0.5, 0.6) is 5.75 Å². The highest BCUT2D eigenvalue weighted by atomic mass is 35.5. The molecule has 0 spiro atoms. The molecule has 1 aromatic heterocycles. The lowest BCUT2D eigenvalue weighted by Gasteiger charge is -2.08. The number of rotatable bonds is 5. The van der Waals surface area contributed by atoms with Crippen LogP contribution in [0.1, 0.15) is 16.1 Å². The fraction of sp³-hybridized carbons (Fsp3) is 0.111. The van der Waals surface area contributed by atoms with Crippen molar-refractivity contribution in [3.05, 3.63) is 76.0 Å². The summed E-state index contributed by atoms with van der Waals surface area (Å²) in [5.41, 5.74) is 1.86. The summed E-state index contributed by atoms with van der Waals surface area (Å²) in [7, 11) is 0. The van der Waals surface area contributed by atoms with E-state index >= 15 is 0 Å². The number of carbonyl (C=O) groups excluding carboxylic acids is 1. The molecule has 0 aliphatic heterocycles. The molecule has 0 atom stereocenters. The van der Waals surface area contributed by atoms with Gasteiger partial charge in [-0.05, 0) is 48.9 Å². The Balaban J connectivity index is 1.64. The number of hydrogen-bond donors (Lipinski definition) is 1. The predicted octanol–water partition coefficient (Wildman–Crippen LogP) is 4.79. The van der Waals surface area contributed by atoms with Gasteiger partial charge in [0.2, 0.25) is 0 Å². The summed E-state index contributed by atoms with van der Waals surface area (Å²) in [6.45, 7) is 2.06. The van der Waals surface area contributed by atoms with E-state index in [4.69, 9.17) is 27.9 Å². The van der Waals surface area contributed by atoms with Crippen LogP contribution in [0.25, 0.3) is 0 Å². The van der Waals surface area contributed by atoms with Crippen LogP contribution in [0.4, 0.5) is 5.69 Å². The maximum absolute atomic E-state index is 12.3. The molecule has 3 aromatic rings. The minimum Gasteiger partial charge on any atom is -0.471 e. The highest BCUT2D eigenvalue weighted by Gasteiger charge is 2.11. The van der Waals surface area contributed by atoms with E-state index < -0.39 is 0 Å². The first kappa shape index (κ1) is 17.3. The smallest absolute Gasteiger partial charge is 0.276 e. The highest BCUT2D eigenvalue weighted by Crippen LogP contribution is 2.21. The lowest BCUT2D eigenvalue weighted by molar-refractivity contribution is 0.102. The molecular formula is C18H15Cl2N3O2. The van der Waals surface area contributed by atoms with Crippen molar-refractivity contribution in [1.29, 1.82) is 0 Å². The maximum atomic E-state index is 12.3. The second kappa shape index (κ2) is 7.59. The number of halogens is 2. The minimum atomic E-state index is -0.313. The van der Waals surface area contributed by atoms with Gasteiger partial charge in [0.25, 0.3) is 5.91 Å². The topological polar surface area (TPSA) is 56.2 Å². The second-order valence-corrected chi connectivity index (χ2v) is 6.26. The Kier molecular flexibility index (Phi) is 5.26. The zero-order valence-electron chi connectivity index (χ0n) is 13.4. The number of aryl methyl sites for hydroxylation is 1. The molecule has 0 saturated heterocycles. The first-order valence-electron chi connectivity index (χ1n) is 7.50. The molecule has 25 heavy (non-hydrogen) atoms. The third-order valence-electron chi connectivity index (χ3n) is 3.48. The van der Waals surface area contributed by atoms with Gasteiger partial charge in [-0.3, -0.25) is 4.79 Å². The summed E-state index contributed by atoms with van der Waals surface area (Å²) in [6.07, 6.45) is 1.67. The molecule has 1 N–H and O–H groups in total. The van der Waals surface area contributed by atoms with Crippen LogP contribution in [-0.2, 0) is 6.73 Å².